The average molecular weight is 595 g/mol. The molecule has 0 saturated heterocycles. The van der Waals surface area contributed by atoms with E-state index in [1.54, 1.807) is 24.3 Å². The van der Waals surface area contributed by atoms with Crippen molar-refractivity contribution in [3.63, 3.8) is 0 Å². The smallest absolute Gasteiger partial charge is 0.305 e. The van der Waals surface area contributed by atoms with Crippen LogP contribution in [0.3, 0.4) is 0 Å². The number of rotatable bonds is 15. The maximum atomic E-state index is 12.3. The van der Waals surface area contributed by atoms with E-state index < -0.39 is 89.9 Å². The van der Waals surface area contributed by atoms with Gasteiger partial charge in [0, 0.05) is 17.0 Å². The Morgan fingerprint density at radius 1 is 0.805 bits per heavy atom. The van der Waals surface area contributed by atoms with Crippen LogP contribution >= 0.6 is 12.2 Å². The fraction of sp³-hybridized carbons (Fsp3) is 0.538. The minimum atomic E-state index is -2.49. The predicted octanol–water partition coefficient (Wildman–Crippen LogP) is 1.22. The van der Waals surface area contributed by atoms with Crippen LogP contribution in [0, 0.1) is 10.8 Å². The van der Waals surface area contributed by atoms with Crippen molar-refractivity contribution in [1.29, 1.82) is 0 Å². The molecule has 0 aromatic heterocycles. The minimum Gasteiger partial charge on any atom is -0.481 e. The van der Waals surface area contributed by atoms with Crippen molar-refractivity contribution in [2.45, 2.75) is 74.9 Å². The third-order valence-electron chi connectivity index (χ3n) is 8.36. The summed E-state index contributed by atoms with van der Waals surface area (Å²) in [4.78, 5) is 64.8. The number of nitrogens with two attached hydrogens (primary N) is 3. The molecule has 15 heteroatoms. The molecule has 1 aliphatic rings. The van der Waals surface area contributed by atoms with E-state index >= 15 is 0 Å². The molecule has 0 heterocycles. The monoisotopic (exact) mass is 594 g/mol. The van der Waals surface area contributed by atoms with E-state index in [0.29, 0.717) is 11.3 Å². The van der Waals surface area contributed by atoms with E-state index in [4.69, 9.17) is 17.2 Å². The lowest BCUT2D eigenvalue weighted by molar-refractivity contribution is -0.189. The normalized spacial score (nSPS) is 25.8. The molecule has 0 unspecified atom stereocenters. The van der Waals surface area contributed by atoms with E-state index in [-0.39, 0.29) is 25.7 Å². The van der Waals surface area contributed by atoms with Crippen LogP contribution in [-0.2, 0) is 30.4 Å². The van der Waals surface area contributed by atoms with Crippen LogP contribution in [0.4, 0.5) is 5.69 Å². The number of aliphatic imine (C=N–C) groups is 1. The topological polar surface area (TPSA) is 277 Å². The third-order valence-corrected chi connectivity index (χ3v) is 8.45. The Bertz CT molecular complexity index is 1240. The predicted molar refractivity (Wildman–Crippen MR) is 147 cm³/mol. The maximum absolute atomic E-state index is 12.3. The standard InChI is InChI=1S/C26H34N4O10S/c27-16(7-15-1-3-17(4-2-15)30-14-41)8-23(9-18(31)32)5-6-25(28,12-21(37)38)26(29,13-22(39)40)24(23,10-19(33)34)11-20(35)36/h1-4,16H,5-13,27-29H2,(H,31,32)(H,33,34)(H,35,36)(H,37,38)(H,39,40)/t16-,23+,25+,26+/m1/s1. The third kappa shape index (κ3) is 7.13. The number of thiocarbonyl (C=S) groups is 1. The van der Waals surface area contributed by atoms with Gasteiger partial charge >= 0.3 is 29.8 Å². The van der Waals surface area contributed by atoms with Crippen LogP contribution < -0.4 is 17.2 Å². The average Bonchev–Trinajstić information content (AvgIpc) is 2.80. The van der Waals surface area contributed by atoms with Crippen molar-refractivity contribution < 1.29 is 49.5 Å². The first kappa shape index (κ1) is 33.5. The van der Waals surface area contributed by atoms with Gasteiger partial charge in [-0.05, 0) is 61.0 Å². The van der Waals surface area contributed by atoms with Crippen LogP contribution in [0.5, 0.6) is 0 Å². The first-order valence-electron chi connectivity index (χ1n) is 12.5. The Morgan fingerprint density at radius 2 is 1.29 bits per heavy atom. The van der Waals surface area contributed by atoms with Crippen LogP contribution in [0.2, 0.25) is 0 Å². The molecule has 1 aliphatic carbocycles. The molecule has 2 rings (SSSR count). The van der Waals surface area contributed by atoms with Gasteiger partial charge in [0.05, 0.1) is 48.5 Å². The van der Waals surface area contributed by atoms with Gasteiger partial charge in [0.25, 0.3) is 0 Å². The molecule has 224 valence electrons. The fourth-order valence-corrected chi connectivity index (χ4v) is 6.90. The van der Waals surface area contributed by atoms with Crippen LogP contribution in [0.15, 0.2) is 29.3 Å². The Labute approximate surface area is 240 Å². The molecule has 14 nitrogen and oxygen atoms in total. The molecule has 0 aliphatic heterocycles. The molecule has 1 aromatic rings. The van der Waals surface area contributed by atoms with Gasteiger partial charge in [-0.25, -0.2) is 0 Å². The zero-order chi connectivity index (χ0) is 31.2. The second-order valence-corrected chi connectivity index (χ2v) is 11.1. The van der Waals surface area contributed by atoms with Gasteiger partial charge in [-0.1, -0.05) is 12.1 Å². The largest absolute Gasteiger partial charge is 0.481 e. The summed E-state index contributed by atoms with van der Waals surface area (Å²) in [7, 11) is 0. The van der Waals surface area contributed by atoms with E-state index in [1.165, 1.54) is 0 Å². The highest BCUT2D eigenvalue weighted by atomic mass is 32.1. The summed E-state index contributed by atoms with van der Waals surface area (Å²) >= 11 is 4.58. The molecule has 1 fully saturated rings. The summed E-state index contributed by atoms with van der Waals surface area (Å²) in [5.74, 6) is -7.69. The highest BCUT2D eigenvalue weighted by Gasteiger charge is 2.72. The summed E-state index contributed by atoms with van der Waals surface area (Å²) in [6.07, 6.45) is -5.75. The first-order valence-corrected chi connectivity index (χ1v) is 12.9. The van der Waals surface area contributed by atoms with Crippen molar-refractivity contribution in [3.05, 3.63) is 29.8 Å². The van der Waals surface area contributed by atoms with E-state index in [0.717, 1.165) is 0 Å². The molecule has 11 N–H and O–H groups in total. The Balaban J connectivity index is 2.83. The Hall–Kier alpha value is -3.75. The van der Waals surface area contributed by atoms with Crippen LogP contribution in [-0.4, -0.2) is 77.7 Å². The summed E-state index contributed by atoms with van der Waals surface area (Å²) in [5, 5.41) is 51.7. The molecule has 41 heavy (non-hydrogen) atoms. The van der Waals surface area contributed by atoms with Crippen molar-refractivity contribution >= 4 is 52.9 Å². The zero-order valence-corrected chi connectivity index (χ0v) is 22.9. The zero-order valence-electron chi connectivity index (χ0n) is 22.1. The quantitative estimate of drug-likeness (QED) is 0.105. The fourth-order valence-electron chi connectivity index (χ4n) is 6.80. The van der Waals surface area contributed by atoms with E-state index in [2.05, 4.69) is 22.4 Å². The van der Waals surface area contributed by atoms with Crippen molar-refractivity contribution in [3.8, 4) is 0 Å². The number of hydrogen-bond donors (Lipinski definition) is 8. The van der Waals surface area contributed by atoms with Gasteiger partial charge in [0.2, 0.25) is 0 Å². The van der Waals surface area contributed by atoms with Crippen molar-refractivity contribution in [2.75, 3.05) is 0 Å². The summed E-state index contributed by atoms with van der Waals surface area (Å²) < 4.78 is 0. The van der Waals surface area contributed by atoms with Gasteiger partial charge in [0.15, 0.2) is 0 Å². The van der Waals surface area contributed by atoms with Gasteiger partial charge in [0.1, 0.15) is 0 Å². The van der Waals surface area contributed by atoms with Gasteiger partial charge in [-0.3, -0.25) is 24.0 Å². The second kappa shape index (κ2) is 12.8. The SMILES string of the molecule is N[C@H](Cc1ccc(N=C=S)cc1)C[C@]1(CC(=O)O)CC[C@](N)(CC(=O)O)[C@](N)(CC(=O)O)C1(CC(=O)O)CC(=O)O. The highest BCUT2D eigenvalue weighted by Crippen LogP contribution is 2.66. The molecular formula is C26H34N4O10S. The van der Waals surface area contributed by atoms with Crippen LogP contribution in [0.25, 0.3) is 0 Å². The lowest BCUT2D eigenvalue weighted by atomic mass is 9.38. The molecular weight excluding hydrogens is 560 g/mol. The summed E-state index contributed by atoms with van der Waals surface area (Å²) in [5.41, 5.74) is 12.2. The number of nitrogens with zero attached hydrogens (tertiary/aromatic N) is 1. The Kier molecular flexibility index (Phi) is 10.5. The molecule has 1 aromatic carbocycles. The summed E-state index contributed by atoms with van der Waals surface area (Å²) in [6, 6.07) is 5.77. The molecule has 0 amide bonds. The maximum Gasteiger partial charge on any atom is 0.305 e. The molecule has 1 saturated carbocycles. The number of benzene rings is 1. The number of aliphatic carboxylic acids is 5. The van der Waals surface area contributed by atoms with Gasteiger partial charge in [-0.2, -0.15) is 4.99 Å². The van der Waals surface area contributed by atoms with E-state index in [1.807, 2.05) is 0 Å². The summed E-state index contributed by atoms with van der Waals surface area (Å²) in [6.45, 7) is 0. The highest BCUT2D eigenvalue weighted by molar-refractivity contribution is 7.78. The number of carboxylic acid groups (broad SMARTS) is 5. The van der Waals surface area contributed by atoms with Crippen molar-refractivity contribution in [2.24, 2.45) is 33.0 Å². The second-order valence-electron chi connectivity index (χ2n) is 10.9. The number of carbonyl (C=O) groups is 5. The molecule has 4 atom stereocenters. The lowest BCUT2D eigenvalue weighted by Gasteiger charge is -2.67. The number of carboxylic acids is 5. The van der Waals surface area contributed by atoms with Gasteiger partial charge < -0.3 is 42.7 Å². The molecule has 0 bridgehead atoms. The van der Waals surface area contributed by atoms with Crippen LogP contribution in [0.1, 0.15) is 56.9 Å². The first-order chi connectivity index (χ1) is 18.9. The molecule has 0 spiro atoms. The minimum absolute atomic E-state index is 0.137. The lowest BCUT2D eigenvalue weighted by Crippen LogP contribution is -2.81. The van der Waals surface area contributed by atoms with E-state index in [9.17, 15) is 49.5 Å². The van der Waals surface area contributed by atoms with Gasteiger partial charge in [-0.15, -0.1) is 0 Å². The van der Waals surface area contributed by atoms with Crippen molar-refractivity contribution in [1.82, 2.24) is 0 Å². The molecule has 0 radical (unpaired) electrons. The Morgan fingerprint density at radius 3 is 1.73 bits per heavy atom. The number of isothiocyanates is 1. The number of hydrogen-bond acceptors (Lipinski definition) is 10.